The van der Waals surface area contributed by atoms with Gasteiger partial charge in [0, 0.05) is 5.92 Å². The van der Waals surface area contributed by atoms with Crippen LogP contribution in [0.25, 0.3) is 66.4 Å². The fraction of sp³-hybridized carbons (Fsp3) is 0.0213. The predicted octanol–water partition coefficient (Wildman–Crippen LogP) is 12.7. The Morgan fingerprint density at radius 1 is 0.255 bits per heavy atom. The Kier molecular flexibility index (Phi) is 6.65. The molecule has 0 atom stereocenters. The van der Waals surface area contributed by atoms with Crippen LogP contribution in [0.2, 0.25) is 0 Å². The van der Waals surface area contributed by atoms with Crippen molar-refractivity contribution in [3.05, 3.63) is 205 Å². The average Bonchev–Trinajstić information content (AvgIpc) is 3.49. The van der Waals surface area contributed by atoms with Crippen LogP contribution < -0.4 is 0 Å². The maximum absolute atomic E-state index is 2.34. The molecule has 0 aromatic heterocycles. The van der Waals surface area contributed by atoms with E-state index in [0.29, 0.717) is 0 Å². The van der Waals surface area contributed by atoms with Crippen molar-refractivity contribution in [2.24, 2.45) is 0 Å². The fourth-order valence-electron chi connectivity index (χ4n) is 7.55. The zero-order valence-electron chi connectivity index (χ0n) is 26.0. The van der Waals surface area contributed by atoms with Gasteiger partial charge >= 0.3 is 0 Å². The highest BCUT2D eigenvalue weighted by atomic mass is 14.3. The quantitative estimate of drug-likeness (QED) is 0.185. The Morgan fingerprint density at radius 2 is 0.681 bits per heavy atom. The molecule has 1 aliphatic carbocycles. The van der Waals surface area contributed by atoms with E-state index in [9.17, 15) is 0 Å². The molecule has 9 rings (SSSR count). The molecule has 0 spiro atoms. The van der Waals surface area contributed by atoms with Crippen LogP contribution in [-0.4, -0.2) is 0 Å². The van der Waals surface area contributed by atoms with Gasteiger partial charge in [-0.25, -0.2) is 0 Å². The summed E-state index contributed by atoms with van der Waals surface area (Å²) in [6, 6.07) is 68.9. The summed E-state index contributed by atoms with van der Waals surface area (Å²) in [5.41, 5.74) is 16.7. The standard InChI is InChI=1S/C47H32/c1-3-13-32(14-4-1)36-29-37(33-15-5-2-6-16-33)31-38(30-36)40-28-27-39(41-17-7-8-18-42(40)41)34-23-25-35(26-24-34)47-45-21-11-9-19-43(45)44-20-10-12-22-46(44)47/h1-31,47H. The monoisotopic (exact) mass is 596 g/mol. The maximum atomic E-state index is 2.34. The van der Waals surface area contributed by atoms with Gasteiger partial charge in [-0.15, -0.1) is 0 Å². The van der Waals surface area contributed by atoms with E-state index in [1.807, 2.05) is 0 Å². The Bertz CT molecular complexity index is 2280. The third kappa shape index (κ3) is 4.78. The second-order valence-corrected chi connectivity index (χ2v) is 12.5. The van der Waals surface area contributed by atoms with Crippen LogP contribution in [0.4, 0.5) is 0 Å². The van der Waals surface area contributed by atoms with Gasteiger partial charge in [-0.3, -0.25) is 0 Å². The summed E-state index contributed by atoms with van der Waals surface area (Å²) >= 11 is 0. The number of benzene rings is 8. The van der Waals surface area contributed by atoms with Crippen molar-refractivity contribution < 1.29 is 0 Å². The van der Waals surface area contributed by atoms with Crippen molar-refractivity contribution in [1.29, 1.82) is 0 Å². The fourth-order valence-corrected chi connectivity index (χ4v) is 7.55. The van der Waals surface area contributed by atoms with E-state index < -0.39 is 0 Å². The van der Waals surface area contributed by atoms with E-state index in [4.69, 9.17) is 0 Å². The van der Waals surface area contributed by atoms with Gasteiger partial charge in [0.05, 0.1) is 0 Å². The van der Waals surface area contributed by atoms with E-state index in [1.165, 1.54) is 83.1 Å². The molecule has 47 heavy (non-hydrogen) atoms. The lowest BCUT2D eigenvalue weighted by Gasteiger charge is -2.17. The molecule has 0 unspecified atom stereocenters. The van der Waals surface area contributed by atoms with Gasteiger partial charge in [-0.1, -0.05) is 170 Å². The van der Waals surface area contributed by atoms with Crippen molar-refractivity contribution in [1.82, 2.24) is 0 Å². The molecule has 0 heterocycles. The Balaban J connectivity index is 1.15. The van der Waals surface area contributed by atoms with E-state index in [0.717, 1.165) is 0 Å². The van der Waals surface area contributed by atoms with Gasteiger partial charge in [0.15, 0.2) is 0 Å². The van der Waals surface area contributed by atoms with Gasteiger partial charge < -0.3 is 0 Å². The SMILES string of the molecule is c1ccc(-c2cc(-c3ccccc3)cc(-c3ccc(-c4ccc(C5c6ccccc6-c6ccccc65)cc4)c4ccccc34)c2)cc1. The van der Waals surface area contributed by atoms with Gasteiger partial charge in [0.25, 0.3) is 0 Å². The summed E-state index contributed by atoms with van der Waals surface area (Å²) in [7, 11) is 0. The van der Waals surface area contributed by atoms with Crippen molar-refractivity contribution >= 4 is 10.8 Å². The number of fused-ring (bicyclic) bond motifs is 4. The average molecular weight is 597 g/mol. The molecule has 0 saturated heterocycles. The van der Waals surface area contributed by atoms with E-state index in [1.54, 1.807) is 0 Å². The molecule has 8 aromatic rings. The minimum Gasteiger partial charge on any atom is -0.0622 e. The highest BCUT2D eigenvalue weighted by Crippen LogP contribution is 2.48. The lowest BCUT2D eigenvalue weighted by Crippen LogP contribution is -1.99. The second kappa shape index (κ2) is 11.4. The van der Waals surface area contributed by atoms with Crippen LogP contribution in [0, 0.1) is 0 Å². The topological polar surface area (TPSA) is 0 Å². The Morgan fingerprint density at radius 3 is 1.21 bits per heavy atom. The summed E-state index contributed by atoms with van der Waals surface area (Å²) in [6.07, 6.45) is 0. The molecule has 0 amide bonds. The zero-order chi connectivity index (χ0) is 31.2. The largest absolute Gasteiger partial charge is 0.0622 e. The lowest BCUT2D eigenvalue weighted by molar-refractivity contribution is 1.02. The molecular weight excluding hydrogens is 565 g/mol. The minimum atomic E-state index is 0.256. The van der Waals surface area contributed by atoms with Crippen LogP contribution in [-0.2, 0) is 0 Å². The molecule has 0 nitrogen and oxygen atoms in total. The van der Waals surface area contributed by atoms with Crippen LogP contribution in [0.5, 0.6) is 0 Å². The summed E-state index contributed by atoms with van der Waals surface area (Å²) < 4.78 is 0. The van der Waals surface area contributed by atoms with Crippen molar-refractivity contribution in [3.63, 3.8) is 0 Å². The molecule has 8 aromatic carbocycles. The summed E-state index contributed by atoms with van der Waals surface area (Å²) in [4.78, 5) is 0. The predicted molar refractivity (Wildman–Crippen MR) is 199 cm³/mol. The zero-order valence-corrected chi connectivity index (χ0v) is 26.0. The molecule has 0 N–H and O–H groups in total. The summed E-state index contributed by atoms with van der Waals surface area (Å²) in [5.74, 6) is 0.256. The van der Waals surface area contributed by atoms with Crippen LogP contribution in [0.3, 0.4) is 0 Å². The normalized spacial score (nSPS) is 12.2. The van der Waals surface area contributed by atoms with Crippen molar-refractivity contribution in [2.75, 3.05) is 0 Å². The second-order valence-electron chi connectivity index (χ2n) is 12.5. The smallest absolute Gasteiger partial charge is 0.0352 e. The van der Waals surface area contributed by atoms with E-state index >= 15 is 0 Å². The van der Waals surface area contributed by atoms with Crippen LogP contribution >= 0.6 is 0 Å². The lowest BCUT2D eigenvalue weighted by atomic mass is 9.87. The van der Waals surface area contributed by atoms with Crippen LogP contribution in [0.1, 0.15) is 22.6 Å². The molecule has 0 radical (unpaired) electrons. The number of rotatable bonds is 5. The molecule has 0 heteroatoms. The third-order valence-corrected chi connectivity index (χ3v) is 9.77. The van der Waals surface area contributed by atoms with E-state index in [2.05, 4.69) is 188 Å². The first-order valence-corrected chi connectivity index (χ1v) is 16.4. The van der Waals surface area contributed by atoms with Crippen molar-refractivity contribution in [2.45, 2.75) is 5.92 Å². The molecule has 0 saturated carbocycles. The summed E-state index contributed by atoms with van der Waals surface area (Å²) in [5, 5.41) is 2.53. The number of hydrogen-bond acceptors (Lipinski definition) is 0. The Labute approximate surface area is 276 Å². The highest BCUT2D eigenvalue weighted by molar-refractivity contribution is 6.05. The maximum Gasteiger partial charge on any atom is 0.0352 e. The third-order valence-electron chi connectivity index (χ3n) is 9.77. The van der Waals surface area contributed by atoms with Crippen molar-refractivity contribution in [3.8, 4) is 55.6 Å². The first-order chi connectivity index (χ1) is 23.3. The first kappa shape index (κ1) is 27.3. The number of hydrogen-bond donors (Lipinski definition) is 0. The summed E-state index contributed by atoms with van der Waals surface area (Å²) in [6.45, 7) is 0. The molecule has 0 bridgehead atoms. The van der Waals surface area contributed by atoms with Crippen LogP contribution in [0.15, 0.2) is 188 Å². The Hall–Kier alpha value is -5.98. The molecule has 220 valence electrons. The molecule has 1 aliphatic rings. The van der Waals surface area contributed by atoms with Gasteiger partial charge in [0.2, 0.25) is 0 Å². The molecule has 0 fully saturated rings. The van der Waals surface area contributed by atoms with Gasteiger partial charge in [-0.2, -0.15) is 0 Å². The van der Waals surface area contributed by atoms with E-state index in [-0.39, 0.29) is 5.92 Å². The highest BCUT2D eigenvalue weighted by Gasteiger charge is 2.29. The molecular formula is C47H32. The van der Waals surface area contributed by atoms with Gasteiger partial charge in [-0.05, 0) is 101 Å². The first-order valence-electron chi connectivity index (χ1n) is 16.4. The molecule has 0 aliphatic heterocycles. The van der Waals surface area contributed by atoms with Gasteiger partial charge in [0.1, 0.15) is 0 Å². The minimum absolute atomic E-state index is 0.256.